The van der Waals surface area contributed by atoms with Crippen LogP contribution < -0.4 is 0 Å². The maximum absolute atomic E-state index is 13.0. The molecular weight excluding hydrogens is 294 g/mol. The molecule has 0 saturated heterocycles. The van der Waals surface area contributed by atoms with E-state index in [-0.39, 0.29) is 5.92 Å². The van der Waals surface area contributed by atoms with Gasteiger partial charge in [0.1, 0.15) is 0 Å². The van der Waals surface area contributed by atoms with Crippen LogP contribution in [0.4, 0.5) is 0 Å². The van der Waals surface area contributed by atoms with Gasteiger partial charge >= 0.3 is 0 Å². The predicted octanol–water partition coefficient (Wildman–Crippen LogP) is 4.37. The average molecular weight is 318 g/mol. The number of carbonyl (C=O) groups is 1. The normalized spacial score (nSPS) is 35.6. The molecule has 0 aromatic heterocycles. The number of hydrogen-bond donors (Lipinski definition) is 0. The van der Waals surface area contributed by atoms with E-state index in [1.54, 1.807) is 0 Å². The summed E-state index contributed by atoms with van der Waals surface area (Å²) in [6.07, 6.45) is 6.64. The highest BCUT2D eigenvalue weighted by atomic mass is 35.5. The van der Waals surface area contributed by atoms with Crippen LogP contribution in [0.5, 0.6) is 0 Å². The van der Waals surface area contributed by atoms with Crippen LogP contribution in [-0.2, 0) is 11.3 Å². The first-order chi connectivity index (χ1) is 10.6. The Morgan fingerprint density at radius 3 is 2.36 bits per heavy atom. The molecular formula is C19H24ClNO. The lowest BCUT2D eigenvalue weighted by atomic mass is 9.51. The molecule has 4 fully saturated rings. The van der Waals surface area contributed by atoms with Crippen LogP contribution in [-0.4, -0.2) is 17.9 Å². The van der Waals surface area contributed by atoms with Crippen molar-refractivity contribution in [3.05, 3.63) is 34.9 Å². The van der Waals surface area contributed by atoms with Crippen molar-refractivity contribution in [1.29, 1.82) is 0 Å². The van der Waals surface area contributed by atoms with Gasteiger partial charge in [0.25, 0.3) is 0 Å². The third-order valence-corrected chi connectivity index (χ3v) is 6.43. The maximum Gasteiger partial charge on any atom is 0.226 e. The first-order valence-electron chi connectivity index (χ1n) is 8.59. The topological polar surface area (TPSA) is 20.3 Å². The molecule has 0 atom stereocenters. The summed E-state index contributed by atoms with van der Waals surface area (Å²) < 4.78 is 0. The molecule has 3 heteroatoms. The molecule has 0 spiro atoms. The summed E-state index contributed by atoms with van der Waals surface area (Å²) in [7, 11) is 1.95. The number of amides is 1. The predicted molar refractivity (Wildman–Crippen MR) is 88.5 cm³/mol. The van der Waals surface area contributed by atoms with Gasteiger partial charge in [-0.05, 0) is 73.5 Å². The SMILES string of the molecule is CN(Cc1cccc(Cl)c1)C(=O)C1C2CC3CC(C2)CC1C3. The third-order valence-electron chi connectivity index (χ3n) is 6.20. The zero-order valence-corrected chi connectivity index (χ0v) is 13.9. The summed E-state index contributed by atoms with van der Waals surface area (Å²) in [6, 6.07) is 7.85. The summed E-state index contributed by atoms with van der Waals surface area (Å²) in [5, 5.41) is 0.743. The number of hydrogen-bond acceptors (Lipinski definition) is 1. The molecule has 0 heterocycles. The van der Waals surface area contributed by atoms with E-state index < -0.39 is 0 Å². The second-order valence-corrected chi connectivity index (χ2v) is 8.22. The highest BCUT2D eigenvalue weighted by Gasteiger charge is 2.51. The molecule has 0 aliphatic heterocycles. The molecule has 118 valence electrons. The van der Waals surface area contributed by atoms with Crippen LogP contribution in [0.25, 0.3) is 0 Å². The highest BCUT2D eigenvalue weighted by Crippen LogP contribution is 2.56. The summed E-state index contributed by atoms with van der Waals surface area (Å²) in [5.74, 6) is 3.82. The van der Waals surface area contributed by atoms with Crippen molar-refractivity contribution < 1.29 is 4.79 Å². The number of benzene rings is 1. The van der Waals surface area contributed by atoms with Crippen molar-refractivity contribution in [3.63, 3.8) is 0 Å². The number of nitrogens with zero attached hydrogens (tertiary/aromatic N) is 1. The van der Waals surface area contributed by atoms with Gasteiger partial charge in [-0.3, -0.25) is 4.79 Å². The molecule has 22 heavy (non-hydrogen) atoms. The Labute approximate surface area is 137 Å². The maximum atomic E-state index is 13.0. The molecule has 0 radical (unpaired) electrons. The second kappa shape index (κ2) is 5.56. The molecule has 4 bridgehead atoms. The van der Waals surface area contributed by atoms with Crippen molar-refractivity contribution >= 4 is 17.5 Å². The molecule has 2 nitrogen and oxygen atoms in total. The fourth-order valence-corrected chi connectivity index (χ4v) is 5.78. The van der Waals surface area contributed by atoms with Gasteiger partial charge in [-0.15, -0.1) is 0 Å². The van der Waals surface area contributed by atoms with Crippen molar-refractivity contribution in [3.8, 4) is 0 Å². The van der Waals surface area contributed by atoms with E-state index in [9.17, 15) is 4.79 Å². The minimum atomic E-state index is 0.289. The standard InChI is InChI=1S/C19H24ClNO/c1-21(11-12-3-2-4-17(20)10-12)19(22)18-15-6-13-5-14(8-15)9-16(18)7-13/h2-4,10,13-16,18H,5-9,11H2,1H3. The number of carbonyl (C=O) groups excluding carboxylic acids is 1. The third kappa shape index (κ3) is 2.56. The largest absolute Gasteiger partial charge is 0.341 e. The van der Waals surface area contributed by atoms with E-state index in [1.807, 2.05) is 36.2 Å². The summed E-state index contributed by atoms with van der Waals surface area (Å²) >= 11 is 6.05. The lowest BCUT2D eigenvalue weighted by molar-refractivity contribution is -0.148. The van der Waals surface area contributed by atoms with Crippen molar-refractivity contribution in [2.45, 2.75) is 38.6 Å². The van der Waals surface area contributed by atoms with Crippen molar-refractivity contribution in [2.75, 3.05) is 7.05 Å². The molecule has 0 unspecified atom stereocenters. The van der Waals surface area contributed by atoms with E-state index >= 15 is 0 Å². The molecule has 1 aromatic rings. The summed E-state index contributed by atoms with van der Waals surface area (Å²) in [4.78, 5) is 14.9. The zero-order valence-electron chi connectivity index (χ0n) is 13.2. The van der Waals surface area contributed by atoms with Gasteiger partial charge in [0.15, 0.2) is 0 Å². The van der Waals surface area contributed by atoms with Gasteiger partial charge in [-0.25, -0.2) is 0 Å². The smallest absolute Gasteiger partial charge is 0.226 e. The second-order valence-electron chi connectivity index (χ2n) is 7.78. The quantitative estimate of drug-likeness (QED) is 0.810. The van der Waals surface area contributed by atoms with E-state index in [1.165, 1.54) is 32.1 Å². The van der Waals surface area contributed by atoms with Crippen LogP contribution in [0, 0.1) is 29.6 Å². The van der Waals surface area contributed by atoms with E-state index in [2.05, 4.69) is 0 Å². The number of rotatable bonds is 3. The summed E-state index contributed by atoms with van der Waals surface area (Å²) in [6.45, 7) is 0.669. The Kier molecular flexibility index (Phi) is 3.68. The van der Waals surface area contributed by atoms with Gasteiger partial charge in [0.2, 0.25) is 5.91 Å². The lowest BCUT2D eigenvalue weighted by Crippen LogP contribution is -2.51. The van der Waals surface area contributed by atoms with E-state index in [0.717, 1.165) is 22.4 Å². The fraction of sp³-hybridized carbons (Fsp3) is 0.632. The molecule has 5 rings (SSSR count). The van der Waals surface area contributed by atoms with Gasteiger partial charge in [-0.1, -0.05) is 23.7 Å². The van der Waals surface area contributed by atoms with Gasteiger partial charge in [0, 0.05) is 24.5 Å². The van der Waals surface area contributed by atoms with Crippen LogP contribution in [0.3, 0.4) is 0 Å². The van der Waals surface area contributed by atoms with Crippen LogP contribution in [0.15, 0.2) is 24.3 Å². The van der Waals surface area contributed by atoms with E-state index in [4.69, 9.17) is 11.6 Å². The monoisotopic (exact) mass is 317 g/mol. The van der Waals surface area contributed by atoms with Gasteiger partial charge in [0.05, 0.1) is 0 Å². The van der Waals surface area contributed by atoms with Crippen LogP contribution >= 0.6 is 11.6 Å². The van der Waals surface area contributed by atoms with E-state index in [0.29, 0.717) is 24.3 Å². The molecule has 4 aliphatic carbocycles. The Hall–Kier alpha value is -1.02. The molecule has 4 aliphatic rings. The highest BCUT2D eigenvalue weighted by molar-refractivity contribution is 6.30. The van der Waals surface area contributed by atoms with Crippen molar-refractivity contribution in [2.24, 2.45) is 29.6 Å². The average Bonchev–Trinajstić information content (AvgIpc) is 2.45. The zero-order chi connectivity index (χ0) is 15.3. The van der Waals surface area contributed by atoms with Gasteiger partial charge < -0.3 is 4.90 Å². The summed E-state index contributed by atoms with van der Waals surface area (Å²) in [5.41, 5.74) is 1.12. The first kappa shape index (κ1) is 14.6. The Bertz CT molecular complexity index is 557. The Morgan fingerprint density at radius 2 is 1.77 bits per heavy atom. The molecule has 1 aromatic carbocycles. The molecule has 4 saturated carbocycles. The van der Waals surface area contributed by atoms with Crippen LogP contribution in [0.1, 0.15) is 37.7 Å². The van der Waals surface area contributed by atoms with Crippen LogP contribution in [0.2, 0.25) is 5.02 Å². The minimum Gasteiger partial charge on any atom is -0.341 e. The number of halogens is 1. The Morgan fingerprint density at radius 1 is 1.14 bits per heavy atom. The Balaban J connectivity index is 1.47. The molecule has 0 N–H and O–H groups in total. The molecule has 1 amide bonds. The minimum absolute atomic E-state index is 0.289. The fourth-order valence-electron chi connectivity index (χ4n) is 5.57. The van der Waals surface area contributed by atoms with Gasteiger partial charge in [-0.2, -0.15) is 0 Å². The lowest BCUT2D eigenvalue weighted by Gasteiger charge is -2.54. The first-order valence-corrected chi connectivity index (χ1v) is 8.97. The van der Waals surface area contributed by atoms with Crippen molar-refractivity contribution in [1.82, 2.24) is 4.90 Å².